The summed E-state index contributed by atoms with van der Waals surface area (Å²) in [4.78, 5) is 65.3. The number of carbonyl (C=O) groups is 5. The molecule has 0 bridgehead atoms. The van der Waals surface area contributed by atoms with Crippen molar-refractivity contribution < 1.29 is 53.3 Å². The van der Waals surface area contributed by atoms with Crippen LogP contribution in [-0.2, 0) is 4.79 Å². The zero-order valence-electron chi connectivity index (χ0n) is 39.3. The number of fused-ring (bicyclic) bond motifs is 2. The molecule has 0 radical (unpaired) electrons. The van der Waals surface area contributed by atoms with Gasteiger partial charge in [-0.15, -0.1) is 5.00 Å². The number of ether oxygens (including phenoxy) is 4. The van der Waals surface area contributed by atoms with Crippen LogP contribution in [0.4, 0.5) is 0 Å². The fourth-order valence-corrected chi connectivity index (χ4v) is 7.10. The number of benzene rings is 4. The van der Waals surface area contributed by atoms with Crippen LogP contribution in [-0.4, -0.2) is 93.1 Å². The van der Waals surface area contributed by atoms with Gasteiger partial charge in [0.2, 0.25) is 0 Å². The van der Waals surface area contributed by atoms with Crippen LogP contribution in [0.5, 0.6) is 23.0 Å². The van der Waals surface area contributed by atoms with Crippen LogP contribution in [0.25, 0.3) is 0 Å². The quantitative estimate of drug-likeness (QED) is 0.0419. The largest absolute Gasteiger partial charge is 0.485 e. The van der Waals surface area contributed by atoms with Gasteiger partial charge in [0.15, 0.2) is 41.5 Å². The molecule has 2 atom stereocenters. The summed E-state index contributed by atoms with van der Waals surface area (Å²) in [6.07, 6.45) is 0.598. The third kappa shape index (κ3) is 13.0. The summed E-state index contributed by atoms with van der Waals surface area (Å²) in [5.41, 5.74) is 10.8. The fourth-order valence-electron chi connectivity index (χ4n) is 7.10. The second kappa shape index (κ2) is 22.0. The molecule has 17 nitrogen and oxygen atoms in total. The average Bonchev–Trinajstić information content (AvgIpc) is 3.23. The van der Waals surface area contributed by atoms with Gasteiger partial charge in [0, 0.05) is 45.2 Å². The minimum Gasteiger partial charge on any atom is -0.485 e. The Bertz CT molecular complexity index is 2440. The van der Waals surface area contributed by atoms with Gasteiger partial charge in [-0.25, -0.2) is 10.0 Å². The number of nitrogens with one attached hydrogen (secondary N) is 3. The molecule has 0 saturated heterocycles. The molecular formula is C48H59ClN6O11. The SMILES string of the molecule is Cc1cc(C)cc(C(=O)N(NC(=O)c2ccc3c(c2C)O[C@@H](C=NO)CO3)C(C)(C)C)c1.Cc1cc(C)cc(C(=O)N(NC(=O)c2ccc3c(c2C)O[C@@H](C=O)CO3)C(C)(C)C)c1.ONCl. The first-order valence-electron chi connectivity index (χ1n) is 20.9. The number of oxime groups is 1. The number of hydrazine groups is 2. The lowest BCUT2D eigenvalue weighted by atomic mass is 10.0. The Kier molecular flexibility index (Phi) is 17.3. The molecule has 4 aromatic carbocycles. The van der Waals surface area contributed by atoms with E-state index in [1.165, 1.54) is 21.2 Å². The lowest BCUT2D eigenvalue weighted by molar-refractivity contribution is -0.115. The number of halogens is 1. The minimum atomic E-state index is -0.721. The number of aldehydes is 1. The van der Waals surface area contributed by atoms with Gasteiger partial charge in [0.25, 0.3) is 23.6 Å². The smallest absolute Gasteiger partial charge is 0.272 e. The normalized spacial score (nSPS) is 14.9. The topological polar surface area (TPSA) is 218 Å². The Morgan fingerprint density at radius 3 is 1.33 bits per heavy atom. The molecule has 2 aliphatic heterocycles. The van der Waals surface area contributed by atoms with E-state index in [1.807, 2.05) is 81.4 Å². The lowest BCUT2D eigenvalue weighted by Gasteiger charge is -2.36. The molecule has 6 rings (SSSR count). The van der Waals surface area contributed by atoms with Crippen molar-refractivity contribution in [1.29, 1.82) is 0 Å². The van der Waals surface area contributed by atoms with Crippen molar-refractivity contribution >= 4 is 47.9 Å². The van der Waals surface area contributed by atoms with Gasteiger partial charge in [0.05, 0.1) is 17.3 Å². The lowest BCUT2D eigenvalue weighted by Crippen LogP contribution is -2.56. The minimum absolute atomic E-state index is 0.129. The van der Waals surface area contributed by atoms with E-state index >= 15 is 0 Å². The maximum atomic E-state index is 13.3. The van der Waals surface area contributed by atoms with Crippen LogP contribution in [0, 0.1) is 41.5 Å². The number of hydrogen-bond acceptors (Lipinski definition) is 13. The van der Waals surface area contributed by atoms with Crippen molar-refractivity contribution in [2.45, 2.75) is 106 Å². The van der Waals surface area contributed by atoms with Crippen LogP contribution in [0.15, 0.2) is 65.8 Å². The number of rotatable bonds is 6. The number of amides is 4. The van der Waals surface area contributed by atoms with E-state index in [-0.39, 0.29) is 25.0 Å². The summed E-state index contributed by atoms with van der Waals surface area (Å²) in [6, 6.07) is 17.7. The maximum Gasteiger partial charge on any atom is 0.272 e. The third-order valence-electron chi connectivity index (χ3n) is 10.1. The highest BCUT2D eigenvalue weighted by molar-refractivity contribution is 6.12. The molecular weight excluding hydrogens is 872 g/mol. The molecule has 0 spiro atoms. The molecule has 5 N–H and O–H groups in total. The molecule has 66 heavy (non-hydrogen) atoms. The molecule has 4 aromatic rings. The van der Waals surface area contributed by atoms with E-state index in [0.29, 0.717) is 62.7 Å². The number of aryl methyl sites for hydroxylation is 4. The Morgan fingerprint density at radius 1 is 0.652 bits per heavy atom. The zero-order valence-corrected chi connectivity index (χ0v) is 40.0. The zero-order chi connectivity index (χ0) is 49.3. The van der Waals surface area contributed by atoms with Crippen molar-refractivity contribution in [3.63, 3.8) is 0 Å². The van der Waals surface area contributed by atoms with Crippen LogP contribution in [0.3, 0.4) is 0 Å². The summed E-state index contributed by atoms with van der Waals surface area (Å²) in [5, 5.41) is 21.5. The van der Waals surface area contributed by atoms with Gasteiger partial charge in [-0.3, -0.25) is 34.8 Å². The van der Waals surface area contributed by atoms with Crippen molar-refractivity contribution in [3.05, 3.63) is 116 Å². The summed E-state index contributed by atoms with van der Waals surface area (Å²) < 4.78 is 22.7. The van der Waals surface area contributed by atoms with Crippen molar-refractivity contribution in [2.24, 2.45) is 5.16 Å². The van der Waals surface area contributed by atoms with Gasteiger partial charge < -0.3 is 29.4 Å². The van der Waals surface area contributed by atoms with Gasteiger partial charge in [0.1, 0.15) is 13.2 Å². The first-order valence-corrected chi connectivity index (χ1v) is 21.3. The summed E-state index contributed by atoms with van der Waals surface area (Å²) in [6.45, 7) is 22.6. The Labute approximate surface area is 390 Å². The van der Waals surface area contributed by atoms with Crippen molar-refractivity contribution in [1.82, 2.24) is 25.9 Å². The highest BCUT2D eigenvalue weighted by atomic mass is 35.5. The van der Waals surface area contributed by atoms with Gasteiger partial charge in [-0.05, 0) is 132 Å². The van der Waals surface area contributed by atoms with Crippen LogP contribution < -0.4 is 34.8 Å². The van der Waals surface area contributed by atoms with Crippen molar-refractivity contribution in [2.75, 3.05) is 13.2 Å². The molecule has 2 aliphatic rings. The van der Waals surface area contributed by atoms with E-state index in [9.17, 15) is 24.0 Å². The molecule has 0 unspecified atom stereocenters. The van der Waals surface area contributed by atoms with E-state index < -0.39 is 35.1 Å². The molecule has 354 valence electrons. The van der Waals surface area contributed by atoms with Crippen LogP contribution >= 0.6 is 11.8 Å². The number of nitrogens with zero attached hydrogens (tertiary/aromatic N) is 3. The van der Waals surface area contributed by atoms with E-state index in [2.05, 4.69) is 27.8 Å². The standard InChI is InChI=1S/C24H29N3O5.C24H28N2O5.ClH2NO/c1-14-9-15(2)11-17(10-14)23(29)27(24(4,5)6)26-22(28)19-7-8-20-21(16(19)3)32-18(12-25-30)13-31-20;1-14-9-15(2)11-17(10-14)23(29)26(24(4,5)6)25-22(28)19-7-8-20-21(16(19)3)31-18(12-27)13-30-20;1-2-3/h7-12,18,30H,13H2,1-6H3,(H,26,28);7-12,18H,13H2,1-6H3,(H,25,28);2-3H/t2*18-;/m00./s1. The van der Waals surface area contributed by atoms with E-state index in [0.717, 1.165) is 22.3 Å². The molecule has 0 saturated carbocycles. The summed E-state index contributed by atoms with van der Waals surface area (Å²) in [7, 11) is 0. The van der Waals surface area contributed by atoms with Gasteiger partial charge in [-0.1, -0.05) is 39.5 Å². The predicted molar refractivity (Wildman–Crippen MR) is 248 cm³/mol. The molecule has 18 heteroatoms. The van der Waals surface area contributed by atoms with Crippen molar-refractivity contribution in [3.8, 4) is 23.0 Å². The first kappa shape index (κ1) is 51.9. The predicted octanol–water partition coefficient (Wildman–Crippen LogP) is 7.45. The van der Waals surface area contributed by atoms with Gasteiger partial charge in [-0.2, -0.15) is 0 Å². The average molecular weight is 931 g/mol. The third-order valence-corrected chi connectivity index (χ3v) is 10.1. The molecule has 2 heterocycles. The fraction of sp³-hybridized carbons (Fsp3) is 0.375. The second-order valence-corrected chi connectivity index (χ2v) is 18.0. The van der Waals surface area contributed by atoms with Crippen LogP contribution in [0.1, 0.15) is 116 Å². The molecule has 0 aromatic heterocycles. The number of carbonyl (C=O) groups excluding carboxylic acids is 5. The summed E-state index contributed by atoms with van der Waals surface area (Å²) >= 11 is 4.30. The highest BCUT2D eigenvalue weighted by Crippen LogP contribution is 2.38. The Morgan fingerprint density at radius 2 is 1.00 bits per heavy atom. The molecule has 0 aliphatic carbocycles. The maximum absolute atomic E-state index is 13.3. The molecule has 0 fully saturated rings. The van der Waals surface area contributed by atoms with Gasteiger partial charge >= 0.3 is 0 Å². The Hall–Kier alpha value is -6.69. The van der Waals surface area contributed by atoms with E-state index in [1.54, 1.807) is 62.4 Å². The number of hydrogen-bond donors (Lipinski definition) is 5. The van der Waals surface area contributed by atoms with Crippen LogP contribution in [0.2, 0.25) is 0 Å². The second-order valence-electron chi connectivity index (χ2n) is 17.8. The monoisotopic (exact) mass is 930 g/mol. The van der Waals surface area contributed by atoms with E-state index in [4.69, 9.17) is 29.4 Å². The first-order chi connectivity index (χ1) is 30.9. The highest BCUT2D eigenvalue weighted by Gasteiger charge is 2.34. The molecule has 4 amide bonds. The summed E-state index contributed by atoms with van der Waals surface area (Å²) in [5.74, 6) is 0.239. The Balaban J connectivity index is 0.000000272.